The van der Waals surface area contributed by atoms with E-state index in [4.69, 9.17) is 21.4 Å². The first-order valence-corrected chi connectivity index (χ1v) is 7.88. The van der Waals surface area contributed by atoms with E-state index in [9.17, 15) is 0 Å². The van der Waals surface area contributed by atoms with E-state index >= 15 is 0 Å². The molecule has 0 aliphatic carbocycles. The number of nitrogens with zero attached hydrogens (tertiary/aromatic N) is 2. The Balaban J connectivity index is 0.00000182. The topological polar surface area (TPSA) is 77.8 Å². The molecular weight excluding hydrogens is 332 g/mol. The minimum atomic E-state index is 0. The predicted octanol–water partition coefficient (Wildman–Crippen LogP) is 4.65. The number of para-hydroxylation sites is 1. The summed E-state index contributed by atoms with van der Waals surface area (Å²) in [5, 5.41) is 0. The van der Waals surface area contributed by atoms with E-state index in [0.717, 1.165) is 38.8 Å². The zero-order chi connectivity index (χ0) is 16.8. The van der Waals surface area contributed by atoms with Crippen molar-refractivity contribution in [2.24, 2.45) is 0 Å². The lowest BCUT2D eigenvalue weighted by molar-refractivity contribution is 1.31. The summed E-state index contributed by atoms with van der Waals surface area (Å²) >= 11 is 0. The maximum absolute atomic E-state index is 6.20. The molecule has 0 fully saturated rings. The molecule has 0 saturated heterocycles. The molecule has 3 aromatic carbocycles. The fourth-order valence-electron chi connectivity index (χ4n) is 3.09. The van der Waals surface area contributed by atoms with Crippen LogP contribution >= 0.6 is 12.4 Å². The molecule has 0 atom stereocenters. The third-order valence-electron chi connectivity index (χ3n) is 4.65. The second-order valence-corrected chi connectivity index (χ2v) is 6.04. The molecule has 0 aliphatic rings. The molecule has 0 unspecified atom stereocenters. The van der Waals surface area contributed by atoms with Gasteiger partial charge in [0.1, 0.15) is 5.52 Å². The van der Waals surface area contributed by atoms with Crippen LogP contribution in [0.2, 0.25) is 0 Å². The summed E-state index contributed by atoms with van der Waals surface area (Å²) in [6, 6.07) is 16.2. The van der Waals surface area contributed by atoms with Gasteiger partial charge in [0, 0.05) is 5.56 Å². The summed E-state index contributed by atoms with van der Waals surface area (Å²) in [5.74, 6) is 0. The highest BCUT2D eigenvalue weighted by molar-refractivity contribution is 6.03. The summed E-state index contributed by atoms with van der Waals surface area (Å²) in [7, 11) is 0. The first-order valence-electron chi connectivity index (χ1n) is 7.88. The molecule has 25 heavy (non-hydrogen) atoms. The number of hydrogen-bond donors (Lipinski definition) is 2. The van der Waals surface area contributed by atoms with Crippen LogP contribution in [-0.4, -0.2) is 9.97 Å². The lowest BCUT2D eigenvalue weighted by atomic mass is 10.0. The zero-order valence-electron chi connectivity index (χ0n) is 14.1. The standard InChI is InChI=1S/C20H18N4.ClH/c1-11-12(2)18-20(17(22)16(11)21)23-15-10-6-9-14(19(15)24-18)13-7-4-3-5-8-13;/h3-10H,21-22H2,1-2H3;1H. The van der Waals surface area contributed by atoms with Gasteiger partial charge >= 0.3 is 0 Å². The number of nitrogens with two attached hydrogens (primary N) is 2. The van der Waals surface area contributed by atoms with Gasteiger partial charge in [-0.05, 0) is 36.6 Å². The first-order chi connectivity index (χ1) is 11.6. The Labute approximate surface area is 152 Å². The Morgan fingerprint density at radius 2 is 1.40 bits per heavy atom. The van der Waals surface area contributed by atoms with E-state index in [0.29, 0.717) is 16.9 Å². The monoisotopic (exact) mass is 350 g/mol. The number of fused-ring (bicyclic) bond motifs is 2. The van der Waals surface area contributed by atoms with Crippen molar-refractivity contribution in [3.8, 4) is 11.1 Å². The van der Waals surface area contributed by atoms with Gasteiger partial charge in [0.15, 0.2) is 0 Å². The van der Waals surface area contributed by atoms with Gasteiger partial charge in [0.25, 0.3) is 0 Å². The van der Waals surface area contributed by atoms with Crippen LogP contribution in [0.1, 0.15) is 11.1 Å². The molecule has 1 heterocycles. The highest BCUT2D eigenvalue weighted by Gasteiger charge is 2.15. The largest absolute Gasteiger partial charge is 0.397 e. The molecule has 126 valence electrons. The van der Waals surface area contributed by atoms with Gasteiger partial charge in [0.05, 0.1) is 27.9 Å². The summed E-state index contributed by atoms with van der Waals surface area (Å²) < 4.78 is 0. The fourth-order valence-corrected chi connectivity index (χ4v) is 3.09. The minimum absolute atomic E-state index is 0. The molecule has 0 bridgehead atoms. The summed E-state index contributed by atoms with van der Waals surface area (Å²) in [4.78, 5) is 9.68. The Kier molecular flexibility index (Phi) is 4.23. The summed E-state index contributed by atoms with van der Waals surface area (Å²) in [6.07, 6.45) is 0. The number of hydrogen-bond acceptors (Lipinski definition) is 4. The van der Waals surface area contributed by atoms with Crippen molar-refractivity contribution in [3.63, 3.8) is 0 Å². The molecule has 1 aromatic heterocycles. The first kappa shape index (κ1) is 17.0. The number of rotatable bonds is 1. The van der Waals surface area contributed by atoms with Crippen LogP contribution < -0.4 is 11.5 Å². The minimum Gasteiger partial charge on any atom is -0.397 e. The number of nitrogen functional groups attached to an aromatic ring is 2. The molecule has 4 nitrogen and oxygen atoms in total. The van der Waals surface area contributed by atoms with Crippen molar-refractivity contribution in [1.29, 1.82) is 0 Å². The third kappa shape index (κ3) is 2.55. The molecule has 0 radical (unpaired) electrons. The Bertz CT molecular complexity index is 1090. The molecule has 0 saturated carbocycles. The maximum atomic E-state index is 6.20. The average molecular weight is 351 g/mol. The molecule has 0 aliphatic heterocycles. The Hall–Kier alpha value is -2.85. The SMILES string of the molecule is Cc1c(N)c(N)c2nc3cccc(-c4ccccc4)c3nc2c1C.Cl. The smallest absolute Gasteiger partial charge is 0.115 e. The highest BCUT2D eigenvalue weighted by atomic mass is 35.5. The lowest BCUT2D eigenvalue weighted by Gasteiger charge is -2.14. The van der Waals surface area contributed by atoms with E-state index in [1.165, 1.54) is 0 Å². The summed E-state index contributed by atoms with van der Waals surface area (Å²) in [5.41, 5.74) is 20.8. The van der Waals surface area contributed by atoms with Crippen LogP contribution in [-0.2, 0) is 0 Å². The van der Waals surface area contributed by atoms with Crippen molar-refractivity contribution in [1.82, 2.24) is 9.97 Å². The molecule has 0 spiro atoms. The van der Waals surface area contributed by atoms with Gasteiger partial charge < -0.3 is 11.5 Å². The van der Waals surface area contributed by atoms with Crippen molar-refractivity contribution in [3.05, 3.63) is 59.7 Å². The second kappa shape index (κ2) is 6.22. The van der Waals surface area contributed by atoms with Gasteiger partial charge in [0.2, 0.25) is 0 Å². The van der Waals surface area contributed by atoms with E-state index in [2.05, 4.69) is 18.2 Å². The van der Waals surface area contributed by atoms with E-state index in [1.54, 1.807) is 0 Å². The van der Waals surface area contributed by atoms with Gasteiger partial charge in [-0.15, -0.1) is 12.4 Å². The van der Waals surface area contributed by atoms with Crippen LogP contribution in [0.15, 0.2) is 48.5 Å². The summed E-state index contributed by atoms with van der Waals surface area (Å²) in [6.45, 7) is 3.98. The van der Waals surface area contributed by atoms with Crippen LogP contribution in [0.4, 0.5) is 11.4 Å². The van der Waals surface area contributed by atoms with Crippen molar-refractivity contribution >= 4 is 45.8 Å². The fraction of sp³-hybridized carbons (Fsp3) is 0.100. The third-order valence-corrected chi connectivity index (χ3v) is 4.65. The average Bonchev–Trinajstić information content (AvgIpc) is 2.63. The van der Waals surface area contributed by atoms with E-state index in [1.807, 2.05) is 44.2 Å². The van der Waals surface area contributed by atoms with Gasteiger partial charge in [-0.1, -0.05) is 42.5 Å². The maximum Gasteiger partial charge on any atom is 0.115 e. The lowest BCUT2D eigenvalue weighted by Crippen LogP contribution is -2.04. The van der Waals surface area contributed by atoms with Crippen LogP contribution in [0.5, 0.6) is 0 Å². The van der Waals surface area contributed by atoms with E-state index in [-0.39, 0.29) is 12.4 Å². The molecular formula is C20H19ClN4. The molecule has 4 aromatic rings. The normalized spacial score (nSPS) is 10.8. The van der Waals surface area contributed by atoms with Gasteiger partial charge in [-0.25, -0.2) is 9.97 Å². The number of aryl methyl sites for hydroxylation is 1. The number of benzene rings is 3. The number of anilines is 2. The Morgan fingerprint density at radius 1 is 0.680 bits per heavy atom. The predicted molar refractivity (Wildman–Crippen MR) is 108 cm³/mol. The van der Waals surface area contributed by atoms with Crippen molar-refractivity contribution in [2.45, 2.75) is 13.8 Å². The second-order valence-electron chi connectivity index (χ2n) is 6.04. The van der Waals surface area contributed by atoms with Crippen molar-refractivity contribution < 1.29 is 0 Å². The molecule has 4 rings (SSSR count). The van der Waals surface area contributed by atoms with Crippen molar-refractivity contribution in [2.75, 3.05) is 11.5 Å². The van der Waals surface area contributed by atoms with Gasteiger partial charge in [-0.3, -0.25) is 0 Å². The molecule has 4 N–H and O–H groups in total. The zero-order valence-corrected chi connectivity index (χ0v) is 14.9. The molecule has 0 amide bonds. The molecule has 5 heteroatoms. The van der Waals surface area contributed by atoms with Crippen LogP contribution in [0.25, 0.3) is 33.2 Å². The quantitative estimate of drug-likeness (QED) is 0.387. The highest BCUT2D eigenvalue weighted by Crippen LogP contribution is 2.34. The van der Waals surface area contributed by atoms with Gasteiger partial charge in [-0.2, -0.15) is 0 Å². The number of halogens is 1. The Morgan fingerprint density at radius 3 is 2.12 bits per heavy atom. The van der Waals surface area contributed by atoms with E-state index < -0.39 is 0 Å². The van der Waals surface area contributed by atoms with Crippen LogP contribution in [0.3, 0.4) is 0 Å². The number of aromatic nitrogens is 2. The van der Waals surface area contributed by atoms with Crippen LogP contribution in [0, 0.1) is 13.8 Å².